The Morgan fingerprint density at radius 2 is 1.77 bits per heavy atom. The molecule has 0 aromatic heterocycles. The van der Waals surface area contributed by atoms with E-state index in [1.54, 1.807) is 25.3 Å². The second-order valence-corrected chi connectivity index (χ2v) is 7.41. The van der Waals surface area contributed by atoms with Crippen molar-refractivity contribution in [1.82, 2.24) is 0 Å². The van der Waals surface area contributed by atoms with E-state index >= 15 is 0 Å². The molecule has 3 nitrogen and oxygen atoms in total. The second kappa shape index (κ2) is 11.1. The van der Waals surface area contributed by atoms with E-state index in [0.717, 1.165) is 35.1 Å². The summed E-state index contributed by atoms with van der Waals surface area (Å²) in [6.45, 7) is 2.29. The Morgan fingerprint density at radius 3 is 2.52 bits per heavy atom. The van der Waals surface area contributed by atoms with Crippen molar-refractivity contribution >= 4 is 11.9 Å². The summed E-state index contributed by atoms with van der Waals surface area (Å²) in [6.07, 6.45) is 5.27. The summed E-state index contributed by atoms with van der Waals surface area (Å²) in [5.41, 5.74) is 3.84. The van der Waals surface area contributed by atoms with Gasteiger partial charge in [-0.3, -0.25) is 4.79 Å². The molecule has 3 rings (SSSR count). The van der Waals surface area contributed by atoms with Crippen LogP contribution >= 0.6 is 0 Å². The molecule has 0 radical (unpaired) electrons. The molecule has 0 unspecified atom stereocenters. The van der Waals surface area contributed by atoms with Gasteiger partial charge in [0.2, 0.25) is 0 Å². The smallest absolute Gasteiger partial charge is 0.161 e. The van der Waals surface area contributed by atoms with Crippen LogP contribution in [0.1, 0.15) is 35.1 Å². The van der Waals surface area contributed by atoms with Crippen LogP contribution in [-0.2, 0) is 17.8 Å². The zero-order valence-electron chi connectivity index (χ0n) is 17.9. The molecule has 0 fully saturated rings. The third kappa shape index (κ3) is 6.82. The Labute approximate surface area is 183 Å². The quantitative estimate of drug-likeness (QED) is 0.361. The molecule has 0 aliphatic carbocycles. The van der Waals surface area contributed by atoms with Gasteiger partial charge in [0.15, 0.2) is 17.3 Å². The maximum atomic E-state index is 13.2. The van der Waals surface area contributed by atoms with Crippen molar-refractivity contribution in [1.29, 1.82) is 0 Å². The molecule has 0 atom stereocenters. The van der Waals surface area contributed by atoms with Crippen molar-refractivity contribution in [3.63, 3.8) is 0 Å². The lowest BCUT2D eigenvalue weighted by Gasteiger charge is -2.12. The molecule has 0 heterocycles. The number of hydrogen-bond acceptors (Lipinski definition) is 3. The molecule has 0 aliphatic heterocycles. The number of methoxy groups -OCH3 is 1. The highest BCUT2D eigenvalue weighted by molar-refractivity contribution is 5.93. The van der Waals surface area contributed by atoms with Crippen LogP contribution in [0.15, 0.2) is 72.8 Å². The highest BCUT2D eigenvalue weighted by Crippen LogP contribution is 2.29. The number of carbonyl (C=O) groups excluding carboxylic acids is 1. The van der Waals surface area contributed by atoms with Crippen LogP contribution in [0.3, 0.4) is 0 Å². The van der Waals surface area contributed by atoms with Crippen LogP contribution in [0, 0.1) is 12.7 Å². The summed E-state index contributed by atoms with van der Waals surface area (Å²) < 4.78 is 24.5. The number of aryl methyl sites for hydroxylation is 2. The summed E-state index contributed by atoms with van der Waals surface area (Å²) in [6, 6.07) is 20.4. The molecule has 160 valence electrons. The number of halogens is 1. The average molecular weight is 419 g/mol. The largest absolute Gasteiger partial charge is 0.493 e. The van der Waals surface area contributed by atoms with Crippen molar-refractivity contribution in [3.05, 3.63) is 101 Å². The molecule has 0 saturated carbocycles. The lowest BCUT2D eigenvalue weighted by atomic mass is 10.0. The van der Waals surface area contributed by atoms with E-state index in [1.165, 1.54) is 12.1 Å². The second-order valence-electron chi connectivity index (χ2n) is 7.41. The first-order valence-electron chi connectivity index (χ1n) is 10.4. The Hall–Kier alpha value is -3.40. The van der Waals surface area contributed by atoms with E-state index < -0.39 is 0 Å². The third-order valence-corrected chi connectivity index (χ3v) is 5.03. The summed E-state index contributed by atoms with van der Waals surface area (Å²) in [5, 5.41) is 0. The van der Waals surface area contributed by atoms with Crippen molar-refractivity contribution in [2.45, 2.75) is 32.8 Å². The molecule has 0 amide bonds. The van der Waals surface area contributed by atoms with Crippen LogP contribution in [-0.4, -0.2) is 12.9 Å². The van der Waals surface area contributed by atoms with Crippen LogP contribution in [0.25, 0.3) is 6.08 Å². The minimum absolute atomic E-state index is 0.0535. The van der Waals surface area contributed by atoms with E-state index in [-0.39, 0.29) is 11.6 Å². The Kier molecular flexibility index (Phi) is 7.99. The first-order valence-corrected chi connectivity index (χ1v) is 10.4. The highest BCUT2D eigenvalue weighted by Gasteiger charge is 2.07. The standard InChI is InChI=1S/C27H27FO3/c1-20-17-24(28)14-12-23(20)13-15-25(29)10-6-9-21-11-16-26(30-2)27(18-21)31-19-22-7-4-3-5-8-22/h3-5,7-8,11-18H,6,9-10,19H2,1-2H3/b15-13+. The number of hydrogen-bond donors (Lipinski definition) is 0. The number of carbonyl (C=O) groups is 1. The van der Waals surface area contributed by atoms with Crippen LogP contribution < -0.4 is 9.47 Å². The first kappa shape index (κ1) is 22.3. The van der Waals surface area contributed by atoms with Gasteiger partial charge in [0, 0.05) is 6.42 Å². The molecule has 31 heavy (non-hydrogen) atoms. The minimum Gasteiger partial charge on any atom is -0.493 e. The van der Waals surface area contributed by atoms with E-state index in [9.17, 15) is 9.18 Å². The van der Waals surface area contributed by atoms with Crippen molar-refractivity contribution < 1.29 is 18.7 Å². The molecular weight excluding hydrogens is 391 g/mol. The SMILES string of the molecule is COc1ccc(CCCC(=O)/C=C/c2ccc(F)cc2C)cc1OCc1ccccc1. The molecular formula is C27H27FO3. The van der Waals surface area contributed by atoms with Gasteiger partial charge in [-0.2, -0.15) is 0 Å². The van der Waals surface area contributed by atoms with Gasteiger partial charge >= 0.3 is 0 Å². The average Bonchev–Trinajstić information content (AvgIpc) is 2.78. The normalized spacial score (nSPS) is 10.9. The number of allylic oxidation sites excluding steroid dienone is 1. The van der Waals surface area contributed by atoms with Crippen molar-refractivity contribution in [2.75, 3.05) is 7.11 Å². The third-order valence-electron chi connectivity index (χ3n) is 5.03. The van der Waals surface area contributed by atoms with Crippen molar-refractivity contribution in [3.8, 4) is 11.5 Å². The van der Waals surface area contributed by atoms with Gasteiger partial charge in [0.1, 0.15) is 12.4 Å². The van der Waals surface area contributed by atoms with Gasteiger partial charge in [0.05, 0.1) is 7.11 Å². The van der Waals surface area contributed by atoms with E-state index in [1.807, 2.05) is 55.5 Å². The van der Waals surface area contributed by atoms with Crippen LogP contribution in [0.2, 0.25) is 0 Å². The Bertz CT molecular complexity index is 1040. The monoisotopic (exact) mass is 418 g/mol. The van der Waals surface area contributed by atoms with Gasteiger partial charge in [-0.15, -0.1) is 0 Å². The maximum Gasteiger partial charge on any atom is 0.161 e. The van der Waals surface area contributed by atoms with Gasteiger partial charge in [-0.25, -0.2) is 4.39 Å². The number of ketones is 1. The molecule has 0 aliphatic rings. The van der Waals surface area contributed by atoms with E-state index in [2.05, 4.69) is 0 Å². The van der Waals surface area contributed by atoms with Gasteiger partial charge in [0.25, 0.3) is 0 Å². The molecule has 0 N–H and O–H groups in total. The summed E-state index contributed by atoms with van der Waals surface area (Å²) >= 11 is 0. The molecule has 4 heteroatoms. The number of rotatable bonds is 10. The topological polar surface area (TPSA) is 35.5 Å². The highest BCUT2D eigenvalue weighted by atomic mass is 19.1. The maximum absolute atomic E-state index is 13.2. The summed E-state index contributed by atoms with van der Waals surface area (Å²) in [4.78, 5) is 12.2. The predicted molar refractivity (Wildman–Crippen MR) is 122 cm³/mol. The fourth-order valence-corrected chi connectivity index (χ4v) is 3.28. The Balaban J connectivity index is 1.53. The molecule has 3 aromatic rings. The van der Waals surface area contributed by atoms with Crippen LogP contribution in [0.5, 0.6) is 11.5 Å². The molecule has 0 saturated heterocycles. The molecule has 0 spiro atoms. The minimum atomic E-state index is -0.271. The molecule has 0 bridgehead atoms. The van der Waals surface area contributed by atoms with Gasteiger partial charge in [-0.1, -0.05) is 48.5 Å². The fraction of sp³-hybridized carbons (Fsp3) is 0.222. The zero-order valence-corrected chi connectivity index (χ0v) is 17.9. The van der Waals surface area contributed by atoms with E-state index in [4.69, 9.17) is 9.47 Å². The molecule has 3 aromatic carbocycles. The zero-order chi connectivity index (χ0) is 22.1. The summed E-state index contributed by atoms with van der Waals surface area (Å²) in [5.74, 6) is 1.17. The van der Waals surface area contributed by atoms with Gasteiger partial charge in [-0.05, 0) is 72.4 Å². The lowest BCUT2D eigenvalue weighted by Crippen LogP contribution is -1.99. The number of benzene rings is 3. The van der Waals surface area contributed by atoms with E-state index in [0.29, 0.717) is 24.5 Å². The van der Waals surface area contributed by atoms with Gasteiger partial charge < -0.3 is 9.47 Å². The fourth-order valence-electron chi connectivity index (χ4n) is 3.28. The van der Waals surface area contributed by atoms with Crippen LogP contribution in [0.4, 0.5) is 4.39 Å². The first-order chi connectivity index (χ1) is 15.0. The van der Waals surface area contributed by atoms with Crippen molar-refractivity contribution in [2.24, 2.45) is 0 Å². The lowest BCUT2D eigenvalue weighted by molar-refractivity contribution is -0.114. The predicted octanol–water partition coefficient (Wildman–Crippen LogP) is 6.33. The number of ether oxygens (including phenoxy) is 2. The summed E-state index contributed by atoms with van der Waals surface area (Å²) in [7, 11) is 1.62. The Morgan fingerprint density at radius 1 is 0.968 bits per heavy atom.